The summed E-state index contributed by atoms with van der Waals surface area (Å²) in [6.07, 6.45) is 9.29. The van der Waals surface area contributed by atoms with Crippen LogP contribution in [-0.4, -0.2) is 23.9 Å². The first-order chi connectivity index (χ1) is 14.7. The molecule has 0 bridgehead atoms. The minimum Gasteiger partial charge on any atom is -1.00 e. The SMILES string of the molecule is CCCCN1C(=CC=CC2=[N+](C)c3ccccc3C2(C)C)C(C)(C)c2cc(Br)ccc21.[I-]. The maximum absolute atomic E-state index is 3.68. The summed E-state index contributed by atoms with van der Waals surface area (Å²) in [4.78, 5) is 2.53. The minimum absolute atomic E-state index is 0. The number of allylic oxidation sites excluding steroid dienone is 4. The van der Waals surface area contributed by atoms with Gasteiger partial charge in [0, 0.05) is 45.5 Å². The molecule has 4 rings (SSSR count). The molecule has 0 spiro atoms. The molecule has 2 aliphatic rings. The molecule has 2 nitrogen and oxygen atoms in total. The lowest BCUT2D eigenvalue weighted by Crippen LogP contribution is -3.00. The highest BCUT2D eigenvalue weighted by molar-refractivity contribution is 9.10. The molecule has 0 amide bonds. The molecular weight excluding hydrogens is 571 g/mol. The van der Waals surface area contributed by atoms with E-state index in [9.17, 15) is 0 Å². The van der Waals surface area contributed by atoms with Crippen molar-refractivity contribution < 1.29 is 28.6 Å². The van der Waals surface area contributed by atoms with Gasteiger partial charge in [0.15, 0.2) is 5.71 Å². The van der Waals surface area contributed by atoms with Crippen LogP contribution in [0.3, 0.4) is 0 Å². The smallest absolute Gasteiger partial charge is 0.209 e. The van der Waals surface area contributed by atoms with Crippen molar-refractivity contribution >= 4 is 33.0 Å². The molecule has 0 aliphatic carbocycles. The Hall–Kier alpha value is -1.40. The lowest BCUT2D eigenvalue weighted by atomic mass is 9.81. The first-order valence-electron chi connectivity index (χ1n) is 11.4. The Bertz CT molecular complexity index is 1110. The van der Waals surface area contributed by atoms with Crippen LogP contribution in [0.2, 0.25) is 0 Å². The van der Waals surface area contributed by atoms with Crippen molar-refractivity contribution in [2.45, 2.75) is 58.3 Å². The van der Waals surface area contributed by atoms with Crippen LogP contribution in [0.5, 0.6) is 0 Å². The number of fused-ring (bicyclic) bond motifs is 2. The van der Waals surface area contributed by atoms with Crippen LogP contribution in [0.1, 0.15) is 58.6 Å². The Labute approximate surface area is 219 Å². The number of unbranched alkanes of at least 4 members (excludes halogenated alkanes) is 1. The molecule has 0 atom stereocenters. The Morgan fingerprint density at radius 1 is 1.00 bits per heavy atom. The number of para-hydroxylation sites is 1. The summed E-state index contributed by atoms with van der Waals surface area (Å²) in [6, 6.07) is 15.5. The van der Waals surface area contributed by atoms with E-state index in [2.05, 4.69) is 128 Å². The van der Waals surface area contributed by atoms with Crippen LogP contribution in [-0.2, 0) is 10.8 Å². The summed E-state index contributed by atoms with van der Waals surface area (Å²) < 4.78 is 3.49. The number of benzene rings is 2. The van der Waals surface area contributed by atoms with Gasteiger partial charge in [-0.1, -0.05) is 67.4 Å². The Morgan fingerprint density at radius 2 is 1.72 bits per heavy atom. The van der Waals surface area contributed by atoms with Crippen molar-refractivity contribution in [2.24, 2.45) is 0 Å². The van der Waals surface area contributed by atoms with Gasteiger partial charge in [-0.2, -0.15) is 4.58 Å². The second-order valence-corrected chi connectivity index (χ2v) is 10.7. The van der Waals surface area contributed by atoms with E-state index < -0.39 is 0 Å². The van der Waals surface area contributed by atoms with Crippen LogP contribution in [0.4, 0.5) is 11.4 Å². The van der Waals surface area contributed by atoms with Crippen LogP contribution in [0.25, 0.3) is 0 Å². The third-order valence-electron chi connectivity index (χ3n) is 7.04. The largest absolute Gasteiger partial charge is 1.00 e. The molecule has 170 valence electrons. The second kappa shape index (κ2) is 9.46. The number of anilines is 1. The zero-order chi connectivity index (χ0) is 22.4. The highest BCUT2D eigenvalue weighted by atomic mass is 127. The monoisotopic (exact) mass is 604 g/mol. The highest BCUT2D eigenvalue weighted by Crippen LogP contribution is 2.48. The zero-order valence-corrected chi connectivity index (χ0v) is 23.8. The second-order valence-electron chi connectivity index (χ2n) is 9.79. The van der Waals surface area contributed by atoms with Gasteiger partial charge >= 0.3 is 0 Å². The molecule has 2 aromatic rings. The summed E-state index contributed by atoms with van der Waals surface area (Å²) in [6.45, 7) is 12.7. The van der Waals surface area contributed by atoms with Gasteiger partial charge < -0.3 is 28.9 Å². The van der Waals surface area contributed by atoms with E-state index >= 15 is 0 Å². The summed E-state index contributed by atoms with van der Waals surface area (Å²) in [5.41, 5.74) is 8.14. The molecule has 0 fully saturated rings. The van der Waals surface area contributed by atoms with E-state index in [0.29, 0.717) is 0 Å². The fraction of sp³-hybridized carbons (Fsp3) is 0.393. The summed E-state index contributed by atoms with van der Waals surface area (Å²) in [7, 11) is 2.18. The normalized spacial score (nSPS) is 19.5. The molecular formula is C28H34BrIN2. The molecule has 4 heteroatoms. The van der Waals surface area contributed by atoms with E-state index in [-0.39, 0.29) is 34.8 Å². The van der Waals surface area contributed by atoms with Crippen molar-refractivity contribution in [3.8, 4) is 0 Å². The lowest BCUT2D eigenvalue weighted by molar-refractivity contribution is -0.401. The molecule has 2 aliphatic heterocycles. The van der Waals surface area contributed by atoms with Gasteiger partial charge in [-0.3, -0.25) is 0 Å². The van der Waals surface area contributed by atoms with Gasteiger partial charge in [-0.05, 0) is 50.1 Å². The van der Waals surface area contributed by atoms with Crippen LogP contribution < -0.4 is 28.9 Å². The molecule has 0 radical (unpaired) electrons. The number of halogens is 2. The van der Waals surface area contributed by atoms with Gasteiger partial charge in [-0.15, -0.1) is 0 Å². The predicted octanol–water partition coefficient (Wildman–Crippen LogP) is 4.50. The Kier molecular flexibility index (Phi) is 7.45. The third-order valence-corrected chi connectivity index (χ3v) is 7.53. The number of hydrogen-bond donors (Lipinski definition) is 0. The van der Waals surface area contributed by atoms with E-state index in [0.717, 1.165) is 11.0 Å². The molecule has 0 aromatic heterocycles. The average Bonchev–Trinajstić information content (AvgIpc) is 3.06. The fourth-order valence-electron chi connectivity index (χ4n) is 5.24. The summed E-state index contributed by atoms with van der Waals surface area (Å²) in [5.74, 6) is 0. The molecule has 2 aromatic carbocycles. The molecule has 0 N–H and O–H groups in total. The molecule has 0 unspecified atom stereocenters. The van der Waals surface area contributed by atoms with Crippen LogP contribution in [0, 0.1) is 0 Å². The number of hydrogen-bond acceptors (Lipinski definition) is 1. The Morgan fingerprint density at radius 3 is 2.41 bits per heavy atom. The molecule has 0 saturated heterocycles. The topological polar surface area (TPSA) is 6.25 Å². The van der Waals surface area contributed by atoms with Crippen molar-refractivity contribution in [2.75, 3.05) is 18.5 Å². The first kappa shape index (κ1) is 25.2. The third kappa shape index (κ3) is 4.13. The quantitative estimate of drug-likeness (QED) is 0.360. The lowest BCUT2D eigenvalue weighted by Gasteiger charge is -2.27. The first-order valence-corrected chi connectivity index (χ1v) is 12.2. The van der Waals surface area contributed by atoms with E-state index in [1.807, 2.05) is 0 Å². The maximum Gasteiger partial charge on any atom is 0.209 e. The van der Waals surface area contributed by atoms with Crippen molar-refractivity contribution in [1.82, 2.24) is 0 Å². The standard InChI is InChI=1S/C28H34BrN2.HI/c1-7-8-18-31-24-17-16-20(29)19-22(24)28(4,5)26(31)15-11-14-25-27(2,3)21-12-9-10-13-23(21)30(25)6;/h9-17,19H,7-8,18H2,1-6H3;1H/q+1;/p-1. The summed E-state index contributed by atoms with van der Waals surface area (Å²) in [5, 5.41) is 0. The van der Waals surface area contributed by atoms with Crippen molar-refractivity contribution in [1.29, 1.82) is 0 Å². The van der Waals surface area contributed by atoms with Crippen LogP contribution >= 0.6 is 15.9 Å². The van der Waals surface area contributed by atoms with Gasteiger partial charge in [-0.25, -0.2) is 0 Å². The predicted molar refractivity (Wildman–Crippen MR) is 137 cm³/mol. The van der Waals surface area contributed by atoms with Crippen molar-refractivity contribution in [3.05, 3.63) is 82.0 Å². The van der Waals surface area contributed by atoms with Gasteiger partial charge in [0.25, 0.3) is 0 Å². The highest BCUT2D eigenvalue weighted by Gasteiger charge is 2.43. The van der Waals surface area contributed by atoms with Gasteiger partial charge in [0.1, 0.15) is 7.05 Å². The van der Waals surface area contributed by atoms with E-state index in [1.165, 1.54) is 46.8 Å². The fourth-order valence-corrected chi connectivity index (χ4v) is 5.60. The molecule has 2 heterocycles. The Balaban J connectivity index is 0.00000289. The maximum atomic E-state index is 3.68. The van der Waals surface area contributed by atoms with Crippen LogP contribution in [0.15, 0.2) is 70.9 Å². The zero-order valence-electron chi connectivity index (χ0n) is 20.0. The van der Waals surface area contributed by atoms with E-state index in [4.69, 9.17) is 0 Å². The summed E-state index contributed by atoms with van der Waals surface area (Å²) >= 11 is 3.68. The van der Waals surface area contributed by atoms with Gasteiger partial charge in [0.05, 0.1) is 5.41 Å². The van der Waals surface area contributed by atoms with Crippen molar-refractivity contribution in [3.63, 3.8) is 0 Å². The molecule has 32 heavy (non-hydrogen) atoms. The number of nitrogens with zero attached hydrogens (tertiary/aromatic N) is 2. The van der Waals surface area contributed by atoms with Gasteiger partial charge in [0.2, 0.25) is 5.69 Å². The average molecular weight is 605 g/mol. The number of rotatable bonds is 5. The molecule has 0 saturated carbocycles. The van der Waals surface area contributed by atoms with E-state index in [1.54, 1.807) is 0 Å². The minimum atomic E-state index is -0.0259.